The molecule has 1 rings (SSSR count). The van der Waals surface area contributed by atoms with Crippen molar-refractivity contribution in [2.75, 3.05) is 0 Å². The minimum Gasteiger partial charge on any atom is -0.399 e. The molecule has 0 aliphatic rings. The number of benzene rings is 1. The predicted octanol–water partition coefficient (Wildman–Crippen LogP) is 1.22. The molecule has 0 heterocycles. The molecule has 0 aliphatic carbocycles. The van der Waals surface area contributed by atoms with E-state index in [0.717, 1.165) is 6.20 Å². The van der Waals surface area contributed by atoms with Crippen molar-refractivity contribution >= 4 is 5.70 Å². The van der Waals surface area contributed by atoms with Crippen LogP contribution in [0.25, 0.3) is 5.70 Å². The molecule has 0 bridgehead atoms. The summed E-state index contributed by atoms with van der Waals surface area (Å²) in [6.45, 7) is 0. The quantitative estimate of drug-likeness (QED) is 0.527. The lowest BCUT2D eigenvalue weighted by Gasteiger charge is -1.95. The summed E-state index contributed by atoms with van der Waals surface area (Å²) in [4.78, 5) is 9.88. The fourth-order valence-corrected chi connectivity index (χ4v) is 0.871. The van der Waals surface area contributed by atoms with E-state index in [1.165, 1.54) is 0 Å². The fraction of sp³-hybridized carbons (Fsp3) is 0. The van der Waals surface area contributed by atoms with Crippen molar-refractivity contribution in [3.8, 4) is 0 Å². The maximum atomic E-state index is 10.4. The molecule has 0 spiro atoms. The van der Waals surface area contributed by atoms with Gasteiger partial charge in [-0.3, -0.25) is 10.1 Å². The Morgan fingerprint density at radius 3 is 2.42 bits per heavy atom. The maximum absolute atomic E-state index is 10.4. The summed E-state index contributed by atoms with van der Waals surface area (Å²) in [5.41, 5.74) is 5.55. The molecule has 0 aromatic heterocycles. The molecule has 12 heavy (non-hydrogen) atoms. The van der Waals surface area contributed by atoms with Crippen molar-refractivity contribution in [3.63, 3.8) is 0 Å². The smallest absolute Gasteiger partial charge is 0.291 e. The van der Waals surface area contributed by atoms with E-state index in [-0.39, 0.29) is 5.70 Å². The van der Waals surface area contributed by atoms with Crippen LogP contribution in [0.2, 0.25) is 0 Å². The zero-order valence-corrected chi connectivity index (χ0v) is 6.31. The average molecular weight is 164 g/mol. The van der Waals surface area contributed by atoms with Gasteiger partial charge in [-0.1, -0.05) is 18.2 Å². The summed E-state index contributed by atoms with van der Waals surface area (Å²) in [5, 5.41) is 10.4. The zero-order chi connectivity index (χ0) is 8.97. The number of nitrogens with two attached hydrogens (primary N) is 1. The van der Waals surface area contributed by atoms with E-state index in [2.05, 4.69) is 0 Å². The van der Waals surface area contributed by atoms with E-state index < -0.39 is 4.92 Å². The van der Waals surface area contributed by atoms with Gasteiger partial charge in [-0.2, -0.15) is 0 Å². The Bertz CT molecular complexity index is 306. The van der Waals surface area contributed by atoms with Gasteiger partial charge in [0.15, 0.2) is 0 Å². The summed E-state index contributed by atoms with van der Waals surface area (Å²) in [6.07, 6.45) is 0.995. The number of nitrogens with zero attached hydrogens (tertiary/aromatic N) is 1. The van der Waals surface area contributed by atoms with E-state index in [9.17, 15) is 10.1 Å². The summed E-state index contributed by atoms with van der Waals surface area (Å²) in [7, 11) is 0. The van der Waals surface area contributed by atoms with Gasteiger partial charge in [0.1, 0.15) is 0 Å². The third-order valence-corrected chi connectivity index (χ3v) is 1.42. The Morgan fingerprint density at radius 1 is 1.42 bits per heavy atom. The van der Waals surface area contributed by atoms with Gasteiger partial charge >= 0.3 is 0 Å². The molecule has 4 nitrogen and oxygen atoms in total. The normalized spacial score (nSPS) is 11.2. The van der Waals surface area contributed by atoms with Gasteiger partial charge in [0.2, 0.25) is 0 Å². The fourth-order valence-electron chi connectivity index (χ4n) is 0.871. The number of rotatable bonds is 2. The van der Waals surface area contributed by atoms with Crippen LogP contribution in [-0.2, 0) is 0 Å². The molecule has 62 valence electrons. The van der Waals surface area contributed by atoms with Gasteiger partial charge in [-0.15, -0.1) is 0 Å². The van der Waals surface area contributed by atoms with E-state index in [4.69, 9.17) is 5.73 Å². The first-order valence-electron chi connectivity index (χ1n) is 3.37. The monoisotopic (exact) mass is 164 g/mol. The van der Waals surface area contributed by atoms with Crippen LogP contribution in [0, 0.1) is 10.1 Å². The van der Waals surface area contributed by atoms with Crippen LogP contribution in [0.4, 0.5) is 0 Å². The number of hydrogen-bond acceptors (Lipinski definition) is 3. The molecule has 0 unspecified atom stereocenters. The first-order chi connectivity index (χ1) is 5.75. The van der Waals surface area contributed by atoms with Gasteiger partial charge in [-0.25, -0.2) is 0 Å². The second kappa shape index (κ2) is 3.52. The van der Waals surface area contributed by atoms with Crippen molar-refractivity contribution < 1.29 is 4.92 Å². The van der Waals surface area contributed by atoms with Crippen LogP contribution < -0.4 is 5.73 Å². The molecule has 0 amide bonds. The van der Waals surface area contributed by atoms with Crippen molar-refractivity contribution in [1.82, 2.24) is 0 Å². The summed E-state index contributed by atoms with van der Waals surface area (Å²) < 4.78 is 0. The Balaban J connectivity index is 3.05. The lowest BCUT2D eigenvalue weighted by atomic mass is 10.2. The van der Waals surface area contributed by atoms with Crippen LogP contribution in [-0.4, -0.2) is 4.92 Å². The van der Waals surface area contributed by atoms with Crippen molar-refractivity contribution in [2.24, 2.45) is 5.73 Å². The molecule has 0 saturated heterocycles. The molecular formula is C8H8N2O2. The highest BCUT2D eigenvalue weighted by Crippen LogP contribution is 2.12. The van der Waals surface area contributed by atoms with E-state index in [0.29, 0.717) is 5.56 Å². The molecule has 0 saturated carbocycles. The van der Waals surface area contributed by atoms with Crippen LogP contribution in [0.5, 0.6) is 0 Å². The molecule has 2 N–H and O–H groups in total. The third-order valence-electron chi connectivity index (χ3n) is 1.42. The highest BCUT2D eigenvalue weighted by atomic mass is 16.6. The standard InChI is InChI=1S/C8H8N2O2/c9-6-8(10(11)12)7-4-2-1-3-5-7/h1-6H,9H2. The van der Waals surface area contributed by atoms with Gasteiger partial charge in [-0.05, 0) is 12.1 Å². The van der Waals surface area contributed by atoms with Gasteiger partial charge in [0.25, 0.3) is 5.70 Å². The molecule has 4 heteroatoms. The first kappa shape index (κ1) is 8.26. The Morgan fingerprint density at radius 2 is 2.00 bits per heavy atom. The molecule has 0 atom stereocenters. The minimum absolute atomic E-state index is 0.0735. The lowest BCUT2D eigenvalue weighted by molar-refractivity contribution is -0.375. The van der Waals surface area contributed by atoms with Crippen molar-refractivity contribution in [3.05, 3.63) is 52.2 Å². The Hall–Kier alpha value is -1.84. The maximum Gasteiger partial charge on any atom is 0.291 e. The van der Waals surface area contributed by atoms with Gasteiger partial charge in [0.05, 0.1) is 16.7 Å². The average Bonchev–Trinajstić information content (AvgIpc) is 2.07. The van der Waals surface area contributed by atoms with Crippen molar-refractivity contribution in [2.45, 2.75) is 0 Å². The second-order valence-electron chi connectivity index (χ2n) is 2.18. The number of nitro groups is 1. The molecule has 0 aliphatic heterocycles. The first-order valence-corrected chi connectivity index (χ1v) is 3.37. The summed E-state index contributed by atoms with van der Waals surface area (Å²) in [5.74, 6) is 0. The number of hydrogen-bond donors (Lipinski definition) is 1. The minimum atomic E-state index is -0.505. The van der Waals surface area contributed by atoms with Crippen LogP contribution >= 0.6 is 0 Å². The summed E-state index contributed by atoms with van der Waals surface area (Å²) >= 11 is 0. The molecule has 0 fully saturated rings. The second-order valence-corrected chi connectivity index (χ2v) is 2.18. The highest BCUT2D eigenvalue weighted by Gasteiger charge is 2.11. The largest absolute Gasteiger partial charge is 0.399 e. The van der Waals surface area contributed by atoms with Gasteiger partial charge in [0, 0.05) is 0 Å². The molecule has 0 radical (unpaired) electrons. The Kier molecular flexibility index (Phi) is 2.42. The third kappa shape index (κ3) is 1.60. The zero-order valence-electron chi connectivity index (χ0n) is 6.31. The van der Waals surface area contributed by atoms with Crippen molar-refractivity contribution in [1.29, 1.82) is 0 Å². The molecule has 1 aromatic rings. The predicted molar refractivity (Wildman–Crippen MR) is 45.6 cm³/mol. The summed E-state index contributed by atoms with van der Waals surface area (Å²) in [6, 6.07) is 8.52. The van der Waals surface area contributed by atoms with Gasteiger partial charge < -0.3 is 5.73 Å². The van der Waals surface area contributed by atoms with E-state index in [1.807, 2.05) is 0 Å². The van der Waals surface area contributed by atoms with Crippen LogP contribution in [0.1, 0.15) is 5.56 Å². The topological polar surface area (TPSA) is 69.2 Å². The Labute approximate surface area is 69.5 Å². The highest BCUT2D eigenvalue weighted by molar-refractivity contribution is 5.57. The molecular weight excluding hydrogens is 156 g/mol. The van der Waals surface area contributed by atoms with Crippen LogP contribution in [0.15, 0.2) is 36.5 Å². The van der Waals surface area contributed by atoms with E-state index in [1.54, 1.807) is 30.3 Å². The SMILES string of the molecule is NC=C(c1ccccc1)[N+](=O)[O-]. The van der Waals surface area contributed by atoms with Crippen LogP contribution in [0.3, 0.4) is 0 Å². The van der Waals surface area contributed by atoms with E-state index >= 15 is 0 Å². The molecule has 1 aromatic carbocycles. The lowest BCUT2D eigenvalue weighted by Crippen LogP contribution is -2.00.